The largest absolute Gasteiger partial charge is 0.496 e. The minimum Gasteiger partial charge on any atom is -0.496 e. The summed E-state index contributed by atoms with van der Waals surface area (Å²) in [6.45, 7) is 0.574. The number of anilines is 1. The first-order chi connectivity index (χ1) is 9.58. The number of nitrogen functional groups attached to an aromatic ring is 1. The molecule has 1 unspecified atom stereocenters. The Kier molecular flexibility index (Phi) is 4.12. The zero-order valence-electron chi connectivity index (χ0n) is 11.7. The van der Waals surface area contributed by atoms with Gasteiger partial charge in [-0.2, -0.15) is 0 Å². The number of hydrogen-bond acceptors (Lipinski definition) is 4. The molecule has 3 N–H and O–H groups in total. The predicted octanol–water partition coefficient (Wildman–Crippen LogP) is 0.628. The number of benzene rings is 1. The molecule has 0 radical (unpaired) electrons. The number of ether oxygens (including phenoxy) is 1. The second-order valence-corrected chi connectivity index (χ2v) is 4.73. The number of nitrogens with zero attached hydrogens (tertiary/aromatic N) is 1. The number of likely N-dealkylation sites (N-methyl/N-ethyl adjacent to an activating group) is 1. The fourth-order valence-corrected chi connectivity index (χ4v) is 2.49. The van der Waals surface area contributed by atoms with Gasteiger partial charge in [-0.25, -0.2) is 0 Å². The Balaban J connectivity index is 2.29. The highest BCUT2D eigenvalue weighted by molar-refractivity contribution is 6.00. The Morgan fingerprint density at radius 2 is 2.20 bits per heavy atom. The van der Waals surface area contributed by atoms with E-state index in [-0.39, 0.29) is 11.8 Å². The van der Waals surface area contributed by atoms with Gasteiger partial charge in [0.15, 0.2) is 0 Å². The molecule has 2 rings (SSSR count). The minimum atomic E-state index is -0.408. The zero-order chi connectivity index (χ0) is 14.7. The monoisotopic (exact) mass is 277 g/mol. The maximum Gasteiger partial charge on any atom is 0.258 e. The predicted molar refractivity (Wildman–Crippen MR) is 75.5 cm³/mol. The number of carbonyl (C=O) groups is 2. The van der Waals surface area contributed by atoms with Crippen molar-refractivity contribution in [3.63, 3.8) is 0 Å². The van der Waals surface area contributed by atoms with Gasteiger partial charge in [0, 0.05) is 25.3 Å². The Morgan fingerprint density at radius 3 is 2.85 bits per heavy atom. The maximum atomic E-state index is 12.6. The standard InChI is InChI=1S/C14H19N3O3/c1-16-13(18)11-4-3-7-17(11)14(19)10-6-5-9(15)8-12(10)20-2/h5-6,8,11H,3-4,7,15H2,1-2H3,(H,16,18). The number of likely N-dealkylation sites (tertiary alicyclic amines) is 1. The molecule has 0 saturated carbocycles. The number of carbonyl (C=O) groups excluding carboxylic acids is 2. The van der Waals surface area contributed by atoms with Crippen molar-refractivity contribution in [1.29, 1.82) is 0 Å². The first-order valence-corrected chi connectivity index (χ1v) is 6.54. The summed E-state index contributed by atoms with van der Waals surface area (Å²) in [6, 6.07) is 4.49. The molecule has 0 aliphatic carbocycles. The van der Waals surface area contributed by atoms with E-state index in [9.17, 15) is 9.59 Å². The van der Waals surface area contributed by atoms with Crippen LogP contribution in [0.2, 0.25) is 0 Å². The quantitative estimate of drug-likeness (QED) is 0.794. The van der Waals surface area contributed by atoms with Gasteiger partial charge in [-0.15, -0.1) is 0 Å². The van der Waals surface area contributed by atoms with Gasteiger partial charge in [0.1, 0.15) is 11.8 Å². The molecule has 1 atom stereocenters. The van der Waals surface area contributed by atoms with Crippen LogP contribution in [0.5, 0.6) is 5.75 Å². The lowest BCUT2D eigenvalue weighted by molar-refractivity contribution is -0.124. The van der Waals surface area contributed by atoms with Crippen LogP contribution in [0.1, 0.15) is 23.2 Å². The molecule has 1 heterocycles. The van der Waals surface area contributed by atoms with Gasteiger partial charge in [0.05, 0.1) is 12.7 Å². The summed E-state index contributed by atoms with van der Waals surface area (Å²) < 4.78 is 5.20. The molecule has 1 aromatic rings. The van der Waals surface area contributed by atoms with E-state index in [0.717, 1.165) is 6.42 Å². The molecule has 1 fully saturated rings. The highest BCUT2D eigenvalue weighted by atomic mass is 16.5. The van der Waals surface area contributed by atoms with Crippen molar-refractivity contribution in [3.8, 4) is 5.75 Å². The van der Waals surface area contributed by atoms with Crippen molar-refractivity contribution in [2.45, 2.75) is 18.9 Å². The van der Waals surface area contributed by atoms with Crippen molar-refractivity contribution in [3.05, 3.63) is 23.8 Å². The van der Waals surface area contributed by atoms with Crippen LogP contribution in [0.4, 0.5) is 5.69 Å². The fourth-order valence-electron chi connectivity index (χ4n) is 2.49. The third-order valence-electron chi connectivity index (χ3n) is 3.52. The summed E-state index contributed by atoms with van der Waals surface area (Å²) in [5.74, 6) is 0.0933. The third kappa shape index (κ3) is 2.54. The average Bonchev–Trinajstić information content (AvgIpc) is 2.94. The smallest absolute Gasteiger partial charge is 0.258 e. The molecule has 1 aliphatic rings. The lowest BCUT2D eigenvalue weighted by Gasteiger charge is -2.24. The number of rotatable bonds is 3. The van der Waals surface area contributed by atoms with E-state index in [1.54, 1.807) is 30.1 Å². The van der Waals surface area contributed by atoms with E-state index >= 15 is 0 Å². The van der Waals surface area contributed by atoms with Crippen LogP contribution in [-0.4, -0.2) is 43.5 Å². The van der Waals surface area contributed by atoms with Crippen molar-refractivity contribution >= 4 is 17.5 Å². The Labute approximate surface area is 117 Å². The number of hydrogen-bond donors (Lipinski definition) is 2. The average molecular weight is 277 g/mol. The molecule has 1 aromatic carbocycles. The van der Waals surface area contributed by atoms with Crippen molar-refractivity contribution < 1.29 is 14.3 Å². The number of nitrogens with two attached hydrogens (primary N) is 1. The van der Waals surface area contributed by atoms with Gasteiger partial charge in [-0.05, 0) is 25.0 Å². The maximum absolute atomic E-state index is 12.6. The normalized spacial score (nSPS) is 17.9. The minimum absolute atomic E-state index is 0.134. The Hall–Kier alpha value is -2.24. The summed E-state index contributed by atoms with van der Waals surface area (Å²) in [6.07, 6.45) is 1.50. The Morgan fingerprint density at radius 1 is 1.45 bits per heavy atom. The molecule has 6 heteroatoms. The van der Waals surface area contributed by atoms with Crippen molar-refractivity contribution in [2.24, 2.45) is 0 Å². The van der Waals surface area contributed by atoms with Gasteiger partial charge in [0.2, 0.25) is 5.91 Å². The zero-order valence-corrected chi connectivity index (χ0v) is 11.7. The van der Waals surface area contributed by atoms with Gasteiger partial charge < -0.3 is 20.7 Å². The van der Waals surface area contributed by atoms with Gasteiger partial charge >= 0.3 is 0 Å². The van der Waals surface area contributed by atoms with E-state index in [2.05, 4.69) is 5.32 Å². The molecule has 0 spiro atoms. The second kappa shape index (κ2) is 5.81. The molecule has 20 heavy (non-hydrogen) atoms. The van der Waals surface area contributed by atoms with Crippen molar-refractivity contribution in [2.75, 3.05) is 26.4 Å². The molecular formula is C14H19N3O3. The third-order valence-corrected chi connectivity index (χ3v) is 3.52. The van der Waals surface area contributed by atoms with Crippen LogP contribution in [0.15, 0.2) is 18.2 Å². The van der Waals surface area contributed by atoms with E-state index < -0.39 is 6.04 Å². The molecule has 0 bridgehead atoms. The summed E-state index contributed by atoms with van der Waals surface area (Å²) >= 11 is 0. The van der Waals surface area contributed by atoms with Crippen LogP contribution < -0.4 is 15.8 Å². The van der Waals surface area contributed by atoms with Crippen LogP contribution in [0.25, 0.3) is 0 Å². The highest BCUT2D eigenvalue weighted by Gasteiger charge is 2.34. The van der Waals surface area contributed by atoms with Crippen LogP contribution >= 0.6 is 0 Å². The molecule has 6 nitrogen and oxygen atoms in total. The number of nitrogens with one attached hydrogen (secondary N) is 1. The van der Waals surface area contributed by atoms with Crippen LogP contribution in [-0.2, 0) is 4.79 Å². The SMILES string of the molecule is CNC(=O)C1CCCN1C(=O)c1ccc(N)cc1OC. The first kappa shape index (κ1) is 14.2. The molecule has 1 aliphatic heterocycles. The highest BCUT2D eigenvalue weighted by Crippen LogP contribution is 2.26. The summed E-state index contributed by atoms with van der Waals surface area (Å²) in [7, 11) is 3.07. The lowest BCUT2D eigenvalue weighted by atomic mass is 10.1. The molecule has 0 aromatic heterocycles. The lowest BCUT2D eigenvalue weighted by Crippen LogP contribution is -2.45. The van der Waals surface area contributed by atoms with Crippen LogP contribution in [0.3, 0.4) is 0 Å². The topological polar surface area (TPSA) is 84.7 Å². The molecule has 108 valence electrons. The van der Waals surface area contributed by atoms with Gasteiger partial charge in [-0.3, -0.25) is 9.59 Å². The van der Waals surface area contributed by atoms with Gasteiger partial charge in [-0.1, -0.05) is 0 Å². The van der Waals surface area contributed by atoms with Gasteiger partial charge in [0.25, 0.3) is 5.91 Å². The number of methoxy groups -OCH3 is 1. The summed E-state index contributed by atoms with van der Waals surface area (Å²) in [4.78, 5) is 26.0. The van der Waals surface area contributed by atoms with E-state index in [4.69, 9.17) is 10.5 Å². The molecule has 2 amide bonds. The second-order valence-electron chi connectivity index (χ2n) is 4.73. The molecular weight excluding hydrogens is 258 g/mol. The molecule has 1 saturated heterocycles. The van der Waals surface area contributed by atoms with E-state index in [1.165, 1.54) is 7.11 Å². The van der Waals surface area contributed by atoms with E-state index in [1.807, 2.05) is 0 Å². The van der Waals surface area contributed by atoms with Crippen molar-refractivity contribution in [1.82, 2.24) is 10.2 Å². The fraction of sp³-hybridized carbons (Fsp3) is 0.429. The van der Waals surface area contributed by atoms with Crippen LogP contribution in [0, 0.1) is 0 Å². The Bertz CT molecular complexity index is 530. The van der Waals surface area contributed by atoms with E-state index in [0.29, 0.717) is 30.0 Å². The summed E-state index contributed by atoms with van der Waals surface area (Å²) in [5, 5.41) is 2.60. The first-order valence-electron chi connectivity index (χ1n) is 6.54. The summed E-state index contributed by atoms with van der Waals surface area (Å²) in [5.41, 5.74) is 6.64. The number of amides is 2.